The fourth-order valence-corrected chi connectivity index (χ4v) is 4.39. The first-order valence-corrected chi connectivity index (χ1v) is 9.81. The summed E-state index contributed by atoms with van der Waals surface area (Å²) in [7, 11) is -1.71. The Balaban J connectivity index is 1.92. The molecule has 2 rings (SSSR count). The highest BCUT2D eigenvalue weighted by atomic mass is 32.2. The number of pyridine rings is 1. The van der Waals surface area contributed by atoms with Gasteiger partial charge < -0.3 is 10.1 Å². The number of nitrogens with one attached hydrogen (secondary N) is 1. The summed E-state index contributed by atoms with van der Waals surface area (Å²) in [5.74, 6) is 0.227. The average Bonchev–Trinajstić information content (AvgIpc) is 2.60. The third kappa shape index (κ3) is 4.91. The molecular weight excluding hydrogens is 330 g/mol. The highest BCUT2D eigenvalue weighted by molar-refractivity contribution is 7.89. The molecule has 1 aliphatic heterocycles. The van der Waals surface area contributed by atoms with Crippen molar-refractivity contribution in [1.29, 1.82) is 0 Å². The van der Waals surface area contributed by atoms with E-state index in [4.69, 9.17) is 4.74 Å². The molecule has 1 aromatic heterocycles. The molecular formula is C16H25N3O4S. The number of amides is 1. The predicted molar refractivity (Wildman–Crippen MR) is 91.0 cm³/mol. The topological polar surface area (TPSA) is 88.6 Å². The molecule has 0 aliphatic carbocycles. The third-order valence-electron chi connectivity index (χ3n) is 4.09. The lowest BCUT2D eigenvalue weighted by atomic mass is 9.99. The lowest BCUT2D eigenvalue weighted by Gasteiger charge is -2.31. The summed E-state index contributed by atoms with van der Waals surface area (Å²) < 4.78 is 30.9. The Morgan fingerprint density at radius 3 is 3.00 bits per heavy atom. The minimum Gasteiger partial charge on any atom is -0.481 e. The summed E-state index contributed by atoms with van der Waals surface area (Å²) >= 11 is 0. The van der Waals surface area contributed by atoms with E-state index in [-0.39, 0.29) is 24.1 Å². The van der Waals surface area contributed by atoms with E-state index in [1.807, 2.05) is 13.0 Å². The lowest BCUT2D eigenvalue weighted by molar-refractivity contribution is -0.126. The maximum atomic E-state index is 12.4. The molecule has 1 aliphatic rings. The highest BCUT2D eigenvalue weighted by Gasteiger charge is 2.31. The Morgan fingerprint density at radius 2 is 2.29 bits per heavy atom. The van der Waals surface area contributed by atoms with Crippen molar-refractivity contribution in [2.24, 2.45) is 5.92 Å². The van der Waals surface area contributed by atoms with Gasteiger partial charge in [-0.1, -0.05) is 6.92 Å². The van der Waals surface area contributed by atoms with E-state index in [1.54, 1.807) is 12.3 Å². The molecule has 1 atom stereocenters. The first kappa shape index (κ1) is 18.7. The number of hydrogen-bond acceptors (Lipinski definition) is 5. The van der Waals surface area contributed by atoms with Gasteiger partial charge in [0, 0.05) is 31.9 Å². The summed E-state index contributed by atoms with van der Waals surface area (Å²) in [6.45, 7) is 2.99. The quantitative estimate of drug-likeness (QED) is 0.793. The van der Waals surface area contributed by atoms with Crippen LogP contribution in [0.4, 0.5) is 0 Å². The SMILES string of the molecule is CCCS(=O)(=O)N1CCCC(C(=O)NCc2ccnc(OC)c2)C1. The van der Waals surface area contributed by atoms with Crippen LogP contribution < -0.4 is 10.1 Å². The molecule has 1 unspecified atom stereocenters. The van der Waals surface area contributed by atoms with Gasteiger partial charge in [-0.2, -0.15) is 0 Å². The Bertz CT molecular complexity index is 663. The molecule has 2 heterocycles. The van der Waals surface area contributed by atoms with Crippen molar-refractivity contribution in [3.63, 3.8) is 0 Å². The maximum Gasteiger partial charge on any atom is 0.224 e. The zero-order chi connectivity index (χ0) is 17.6. The largest absolute Gasteiger partial charge is 0.481 e. The van der Waals surface area contributed by atoms with Crippen molar-refractivity contribution in [2.45, 2.75) is 32.7 Å². The molecule has 0 saturated carbocycles. The fraction of sp³-hybridized carbons (Fsp3) is 0.625. The van der Waals surface area contributed by atoms with E-state index >= 15 is 0 Å². The maximum absolute atomic E-state index is 12.4. The van der Waals surface area contributed by atoms with Gasteiger partial charge in [0.25, 0.3) is 0 Å². The van der Waals surface area contributed by atoms with Gasteiger partial charge in [0.1, 0.15) is 0 Å². The van der Waals surface area contributed by atoms with Crippen LogP contribution in [0.3, 0.4) is 0 Å². The molecule has 1 saturated heterocycles. The number of methoxy groups -OCH3 is 1. The second-order valence-corrected chi connectivity index (χ2v) is 8.03. The van der Waals surface area contributed by atoms with E-state index in [0.29, 0.717) is 38.2 Å². The van der Waals surface area contributed by atoms with Gasteiger partial charge >= 0.3 is 0 Å². The number of sulfonamides is 1. The van der Waals surface area contributed by atoms with Crippen molar-refractivity contribution in [3.8, 4) is 5.88 Å². The molecule has 0 aromatic carbocycles. The molecule has 0 radical (unpaired) electrons. The molecule has 134 valence electrons. The second kappa shape index (κ2) is 8.43. The number of nitrogens with zero attached hydrogens (tertiary/aromatic N) is 2. The zero-order valence-electron chi connectivity index (χ0n) is 14.2. The first-order valence-electron chi connectivity index (χ1n) is 8.20. The van der Waals surface area contributed by atoms with Crippen molar-refractivity contribution in [2.75, 3.05) is 26.0 Å². The number of ether oxygens (including phenoxy) is 1. The van der Waals surface area contributed by atoms with Crippen molar-refractivity contribution in [1.82, 2.24) is 14.6 Å². The molecule has 1 fully saturated rings. The van der Waals surface area contributed by atoms with Crippen LogP contribution in [-0.4, -0.2) is 49.6 Å². The number of aromatic nitrogens is 1. The fourth-order valence-electron chi connectivity index (χ4n) is 2.80. The summed E-state index contributed by atoms with van der Waals surface area (Å²) in [6, 6.07) is 3.57. The lowest BCUT2D eigenvalue weighted by Crippen LogP contribution is -2.45. The van der Waals surface area contributed by atoms with Gasteiger partial charge in [0.05, 0.1) is 18.8 Å². The van der Waals surface area contributed by atoms with E-state index < -0.39 is 10.0 Å². The van der Waals surface area contributed by atoms with Gasteiger partial charge in [-0.15, -0.1) is 0 Å². The van der Waals surface area contributed by atoms with Crippen LogP contribution >= 0.6 is 0 Å². The molecule has 1 aromatic rings. The molecule has 8 heteroatoms. The van der Waals surface area contributed by atoms with Crippen LogP contribution in [0, 0.1) is 5.92 Å². The van der Waals surface area contributed by atoms with Crippen LogP contribution in [-0.2, 0) is 21.4 Å². The van der Waals surface area contributed by atoms with E-state index in [0.717, 1.165) is 5.56 Å². The van der Waals surface area contributed by atoms with Crippen LogP contribution in [0.15, 0.2) is 18.3 Å². The van der Waals surface area contributed by atoms with Crippen LogP contribution in [0.2, 0.25) is 0 Å². The van der Waals surface area contributed by atoms with Crippen molar-refractivity contribution < 1.29 is 17.9 Å². The standard InChI is InChI=1S/C16H25N3O4S/c1-3-9-24(21,22)19-8-4-5-14(12-19)16(20)18-11-13-6-7-17-15(10-13)23-2/h6-7,10,14H,3-5,8-9,11-12H2,1-2H3,(H,18,20). The van der Waals surface area contributed by atoms with Crippen LogP contribution in [0.25, 0.3) is 0 Å². The van der Waals surface area contributed by atoms with E-state index in [2.05, 4.69) is 10.3 Å². The second-order valence-electron chi connectivity index (χ2n) is 5.94. The van der Waals surface area contributed by atoms with Gasteiger partial charge in [-0.25, -0.2) is 17.7 Å². The monoisotopic (exact) mass is 355 g/mol. The van der Waals surface area contributed by atoms with Crippen molar-refractivity contribution >= 4 is 15.9 Å². The minimum absolute atomic E-state index is 0.109. The smallest absolute Gasteiger partial charge is 0.224 e. The molecule has 0 bridgehead atoms. The molecule has 0 spiro atoms. The predicted octanol–water partition coefficient (Wildman–Crippen LogP) is 1.16. The Morgan fingerprint density at radius 1 is 1.50 bits per heavy atom. The number of rotatable bonds is 7. The average molecular weight is 355 g/mol. The van der Waals surface area contributed by atoms with Gasteiger partial charge in [0.2, 0.25) is 21.8 Å². The highest BCUT2D eigenvalue weighted by Crippen LogP contribution is 2.20. The molecule has 1 amide bonds. The minimum atomic E-state index is -3.25. The number of piperidine rings is 1. The Labute approximate surface area is 143 Å². The van der Waals surface area contributed by atoms with E-state index in [9.17, 15) is 13.2 Å². The number of hydrogen-bond donors (Lipinski definition) is 1. The number of carbonyl (C=O) groups is 1. The van der Waals surface area contributed by atoms with Gasteiger partial charge in [-0.05, 0) is 30.9 Å². The van der Waals surface area contributed by atoms with E-state index in [1.165, 1.54) is 11.4 Å². The third-order valence-corrected chi connectivity index (χ3v) is 6.13. The Kier molecular flexibility index (Phi) is 6.56. The summed E-state index contributed by atoms with van der Waals surface area (Å²) in [5.41, 5.74) is 0.890. The number of carbonyl (C=O) groups excluding carboxylic acids is 1. The summed E-state index contributed by atoms with van der Waals surface area (Å²) in [5, 5.41) is 2.88. The molecule has 7 nitrogen and oxygen atoms in total. The van der Waals surface area contributed by atoms with Crippen molar-refractivity contribution in [3.05, 3.63) is 23.9 Å². The van der Waals surface area contributed by atoms with Gasteiger partial charge in [0.15, 0.2) is 0 Å². The summed E-state index contributed by atoms with van der Waals surface area (Å²) in [6.07, 6.45) is 3.63. The normalized spacial score (nSPS) is 19.0. The van der Waals surface area contributed by atoms with Crippen LogP contribution in [0.1, 0.15) is 31.7 Å². The summed E-state index contributed by atoms with van der Waals surface area (Å²) in [4.78, 5) is 16.4. The first-order chi connectivity index (χ1) is 11.5. The molecule has 24 heavy (non-hydrogen) atoms. The van der Waals surface area contributed by atoms with Crippen LogP contribution in [0.5, 0.6) is 5.88 Å². The molecule has 1 N–H and O–H groups in total. The Hall–Kier alpha value is -1.67. The van der Waals surface area contributed by atoms with Gasteiger partial charge in [-0.3, -0.25) is 4.79 Å². The zero-order valence-corrected chi connectivity index (χ0v) is 15.0.